The van der Waals surface area contributed by atoms with Crippen LogP contribution >= 0.6 is 0 Å². The predicted octanol–water partition coefficient (Wildman–Crippen LogP) is 8.12. The molecule has 3 aliphatic heterocycles. The summed E-state index contributed by atoms with van der Waals surface area (Å²) in [7, 11) is 0. The molecule has 0 aromatic carbocycles. The van der Waals surface area contributed by atoms with E-state index in [1.807, 2.05) is 0 Å². The third kappa shape index (κ3) is 11.6. The molecule has 0 aromatic heterocycles. The topological polar surface area (TPSA) is 3.24 Å². The van der Waals surface area contributed by atoms with Gasteiger partial charge in [-0.05, 0) is 44.8 Å². The maximum Gasteiger partial charge on any atom is -0.00187 e. The fourth-order valence-electron chi connectivity index (χ4n) is 5.20. The summed E-state index contributed by atoms with van der Waals surface area (Å²) in [6.07, 6.45) is 31.3. The Bertz CT molecular complexity index is 223. The quantitative estimate of drug-likeness (QED) is 0.420. The number of hydrogen-bond acceptors (Lipinski definition) is 1. The molecular weight excluding hydrogens is 314 g/mol. The second-order valence-electron chi connectivity index (χ2n) is 9.44. The van der Waals surface area contributed by atoms with Crippen LogP contribution in [0.1, 0.15) is 135 Å². The molecule has 154 valence electrons. The average Bonchev–Trinajstić information content (AvgIpc) is 2.65. The van der Waals surface area contributed by atoms with Gasteiger partial charge in [0.2, 0.25) is 0 Å². The molecular formula is C25H49N. The maximum atomic E-state index is 2.82. The Kier molecular flexibility index (Phi) is 13.7. The van der Waals surface area contributed by atoms with Gasteiger partial charge in [-0.25, -0.2) is 0 Å². The van der Waals surface area contributed by atoms with Crippen molar-refractivity contribution >= 4 is 0 Å². The Morgan fingerprint density at radius 1 is 0.308 bits per heavy atom. The minimum absolute atomic E-state index is 1.06. The average molecular weight is 364 g/mol. The molecule has 0 saturated carbocycles. The number of rotatable bonds is 0. The van der Waals surface area contributed by atoms with Crippen molar-refractivity contribution in [2.75, 3.05) is 19.6 Å². The summed E-state index contributed by atoms with van der Waals surface area (Å²) < 4.78 is 0. The Morgan fingerprint density at radius 2 is 0.577 bits per heavy atom. The molecule has 1 heteroatoms. The third-order valence-electron chi connectivity index (χ3n) is 7.01. The van der Waals surface area contributed by atoms with Gasteiger partial charge in [0.05, 0.1) is 0 Å². The van der Waals surface area contributed by atoms with Crippen LogP contribution in [0, 0.1) is 5.92 Å². The van der Waals surface area contributed by atoms with E-state index in [0.29, 0.717) is 0 Å². The molecule has 0 spiro atoms. The molecule has 3 saturated heterocycles. The normalized spacial score (nSPS) is 30.5. The van der Waals surface area contributed by atoms with Crippen molar-refractivity contribution in [1.29, 1.82) is 0 Å². The first-order valence-corrected chi connectivity index (χ1v) is 12.7. The molecule has 0 unspecified atom stereocenters. The van der Waals surface area contributed by atoms with Gasteiger partial charge >= 0.3 is 0 Å². The minimum Gasteiger partial charge on any atom is -0.303 e. The first-order valence-electron chi connectivity index (χ1n) is 12.7. The van der Waals surface area contributed by atoms with Gasteiger partial charge in [-0.1, -0.05) is 116 Å². The van der Waals surface area contributed by atoms with Crippen molar-refractivity contribution in [1.82, 2.24) is 4.90 Å². The first-order chi connectivity index (χ1) is 12.9. The summed E-state index contributed by atoms with van der Waals surface area (Å²) in [6, 6.07) is 0. The van der Waals surface area contributed by atoms with E-state index in [0.717, 1.165) is 5.92 Å². The fourth-order valence-corrected chi connectivity index (χ4v) is 5.20. The number of fused-ring (bicyclic) bond motifs is 21. The number of hydrogen-bond donors (Lipinski definition) is 0. The zero-order chi connectivity index (χ0) is 18.1. The van der Waals surface area contributed by atoms with Crippen LogP contribution in [0.5, 0.6) is 0 Å². The Labute approximate surface area is 165 Å². The standard InChI is InChI=1S/C25H49N/c1-4-10-16-22-26-23-17-11-5-2-8-14-20-25(19-13-7-1)21-15-9-3-6-12-18-24-26/h25H,1-24H2. The highest BCUT2D eigenvalue weighted by Crippen LogP contribution is 2.25. The zero-order valence-corrected chi connectivity index (χ0v) is 18.0. The van der Waals surface area contributed by atoms with E-state index in [2.05, 4.69) is 4.90 Å². The van der Waals surface area contributed by atoms with E-state index in [1.54, 1.807) is 0 Å². The molecule has 26 heavy (non-hydrogen) atoms. The lowest BCUT2D eigenvalue weighted by molar-refractivity contribution is 0.253. The van der Waals surface area contributed by atoms with Crippen LogP contribution in [0.4, 0.5) is 0 Å². The summed E-state index contributed by atoms with van der Waals surface area (Å²) in [5.74, 6) is 1.06. The molecule has 0 aliphatic carbocycles. The monoisotopic (exact) mass is 363 g/mol. The SMILES string of the molecule is C1CCCCN2CCCCCCCCC(CCC1)CCCCCCCC2. The zero-order valence-electron chi connectivity index (χ0n) is 18.0. The van der Waals surface area contributed by atoms with Gasteiger partial charge in [-0.15, -0.1) is 0 Å². The van der Waals surface area contributed by atoms with E-state index in [9.17, 15) is 0 Å². The minimum atomic E-state index is 1.06. The Morgan fingerprint density at radius 3 is 0.923 bits per heavy atom. The molecule has 3 aliphatic rings. The molecule has 3 heterocycles. The van der Waals surface area contributed by atoms with Gasteiger partial charge in [0.25, 0.3) is 0 Å². The van der Waals surface area contributed by atoms with Crippen LogP contribution in [0.15, 0.2) is 0 Å². The predicted molar refractivity (Wildman–Crippen MR) is 117 cm³/mol. The van der Waals surface area contributed by atoms with Crippen LogP contribution in [0.2, 0.25) is 0 Å². The lowest BCUT2D eigenvalue weighted by atomic mass is 9.89. The first kappa shape index (κ1) is 22.3. The molecule has 0 amide bonds. The maximum absolute atomic E-state index is 2.82. The smallest absolute Gasteiger partial charge is 0.00187 e. The van der Waals surface area contributed by atoms with Crippen molar-refractivity contribution in [2.45, 2.75) is 135 Å². The molecule has 0 aromatic rings. The number of nitrogens with zero attached hydrogens (tertiary/aromatic N) is 1. The van der Waals surface area contributed by atoms with E-state index >= 15 is 0 Å². The molecule has 0 N–H and O–H groups in total. The van der Waals surface area contributed by atoms with Crippen LogP contribution < -0.4 is 0 Å². The van der Waals surface area contributed by atoms with Gasteiger partial charge in [-0.3, -0.25) is 0 Å². The summed E-state index contributed by atoms with van der Waals surface area (Å²) in [4.78, 5) is 2.82. The second kappa shape index (κ2) is 16.0. The van der Waals surface area contributed by atoms with Gasteiger partial charge in [0, 0.05) is 0 Å². The van der Waals surface area contributed by atoms with E-state index in [4.69, 9.17) is 0 Å². The van der Waals surface area contributed by atoms with Crippen LogP contribution in [-0.2, 0) is 0 Å². The summed E-state index contributed by atoms with van der Waals surface area (Å²) in [6.45, 7) is 4.13. The van der Waals surface area contributed by atoms with Crippen molar-refractivity contribution in [2.24, 2.45) is 5.92 Å². The largest absolute Gasteiger partial charge is 0.303 e. The Hall–Kier alpha value is -0.0400. The third-order valence-corrected chi connectivity index (χ3v) is 7.01. The van der Waals surface area contributed by atoms with Crippen LogP contribution in [-0.4, -0.2) is 24.5 Å². The fraction of sp³-hybridized carbons (Fsp3) is 1.00. The molecule has 0 radical (unpaired) electrons. The van der Waals surface area contributed by atoms with Crippen LogP contribution in [0.25, 0.3) is 0 Å². The molecule has 0 atom stereocenters. The van der Waals surface area contributed by atoms with Gasteiger partial charge < -0.3 is 4.90 Å². The van der Waals surface area contributed by atoms with Crippen molar-refractivity contribution in [3.8, 4) is 0 Å². The second-order valence-corrected chi connectivity index (χ2v) is 9.44. The Balaban J connectivity index is 1.87. The van der Waals surface area contributed by atoms with Gasteiger partial charge in [0.15, 0.2) is 0 Å². The van der Waals surface area contributed by atoms with Gasteiger partial charge in [-0.2, -0.15) is 0 Å². The van der Waals surface area contributed by atoms with Crippen LogP contribution in [0.3, 0.4) is 0 Å². The molecule has 1 nitrogen and oxygen atoms in total. The van der Waals surface area contributed by atoms with E-state index in [-0.39, 0.29) is 0 Å². The molecule has 3 fully saturated rings. The summed E-state index contributed by atoms with van der Waals surface area (Å²) in [5, 5.41) is 0. The highest BCUT2D eigenvalue weighted by Gasteiger charge is 2.10. The van der Waals surface area contributed by atoms with Crippen molar-refractivity contribution in [3.63, 3.8) is 0 Å². The van der Waals surface area contributed by atoms with Crippen molar-refractivity contribution < 1.29 is 0 Å². The van der Waals surface area contributed by atoms with E-state index in [1.165, 1.54) is 154 Å². The summed E-state index contributed by atoms with van der Waals surface area (Å²) >= 11 is 0. The lowest BCUT2D eigenvalue weighted by Crippen LogP contribution is -2.27. The van der Waals surface area contributed by atoms with E-state index < -0.39 is 0 Å². The lowest BCUT2D eigenvalue weighted by Gasteiger charge is -2.23. The van der Waals surface area contributed by atoms with Gasteiger partial charge in [0.1, 0.15) is 0 Å². The van der Waals surface area contributed by atoms with Crippen molar-refractivity contribution in [3.05, 3.63) is 0 Å². The summed E-state index contributed by atoms with van der Waals surface area (Å²) in [5.41, 5.74) is 0. The molecule has 3 rings (SSSR count). The highest BCUT2D eigenvalue weighted by molar-refractivity contribution is 4.64. The molecule has 2 bridgehead atoms. The highest BCUT2D eigenvalue weighted by atomic mass is 15.1.